The predicted molar refractivity (Wildman–Crippen MR) is 176 cm³/mol. The third kappa shape index (κ3) is 19.7. The van der Waals surface area contributed by atoms with E-state index < -0.39 is 22.5 Å². The first-order chi connectivity index (χ1) is 18.8. The largest absolute Gasteiger partial charge is 0.693 e. The fourth-order valence-corrected chi connectivity index (χ4v) is 5.41. The SMILES string of the molecule is CCO.Cc1cc2c(c(C)c1OCC(=O)O)CCC(C)(CCCC(C)CCCC(C)CCCC(C)C)O2.[Cl][Pt+2][Cl].[NH2-].[NH2-]. The van der Waals surface area contributed by atoms with Gasteiger partial charge in [-0.25, -0.2) is 4.79 Å². The minimum Gasteiger partial charge on any atom is -0.693 e. The third-order valence-corrected chi connectivity index (χ3v) is 7.67. The van der Waals surface area contributed by atoms with Gasteiger partial charge in [-0.3, -0.25) is 0 Å². The van der Waals surface area contributed by atoms with Crippen molar-refractivity contribution in [3.05, 3.63) is 35.1 Å². The van der Waals surface area contributed by atoms with Crippen LogP contribution in [-0.4, -0.2) is 35.0 Å². The van der Waals surface area contributed by atoms with Crippen molar-refractivity contribution in [1.82, 2.24) is 0 Å². The Morgan fingerprint density at radius 1 is 1.02 bits per heavy atom. The van der Waals surface area contributed by atoms with Gasteiger partial charge in [-0.2, -0.15) is 0 Å². The maximum absolute atomic E-state index is 10.9. The summed E-state index contributed by atoms with van der Waals surface area (Å²) >= 11 is -0.472. The van der Waals surface area contributed by atoms with Crippen LogP contribution in [0, 0.1) is 31.6 Å². The van der Waals surface area contributed by atoms with E-state index in [0.717, 1.165) is 53.9 Å². The number of aliphatic hydroxyl groups is 1. The summed E-state index contributed by atoms with van der Waals surface area (Å²) in [7, 11) is 9.75. The summed E-state index contributed by atoms with van der Waals surface area (Å²) in [5, 5.41) is 16.5. The number of halogens is 2. The summed E-state index contributed by atoms with van der Waals surface area (Å²) in [6, 6.07) is 2.03. The van der Waals surface area contributed by atoms with E-state index in [1.807, 2.05) is 19.9 Å². The number of carbonyl (C=O) groups is 1. The Labute approximate surface area is 273 Å². The third-order valence-electron chi connectivity index (χ3n) is 7.67. The molecule has 0 aromatic heterocycles. The maximum Gasteiger partial charge on any atom is -0.693 e. The Bertz CT molecular complexity index is 846. The summed E-state index contributed by atoms with van der Waals surface area (Å²) in [5.74, 6) is 3.16. The van der Waals surface area contributed by atoms with Crippen molar-refractivity contribution in [1.29, 1.82) is 0 Å². The molecule has 0 saturated heterocycles. The quantitative estimate of drug-likeness (QED) is 0.181. The van der Waals surface area contributed by atoms with E-state index >= 15 is 0 Å². The number of carboxylic acids is 1. The second-order valence-electron chi connectivity index (χ2n) is 12.1. The van der Waals surface area contributed by atoms with E-state index in [1.54, 1.807) is 6.92 Å². The number of fused-ring (bicyclic) bond motifs is 1. The van der Waals surface area contributed by atoms with Crippen LogP contribution in [0.5, 0.6) is 11.5 Å². The van der Waals surface area contributed by atoms with Crippen molar-refractivity contribution < 1.29 is 41.0 Å². The van der Waals surface area contributed by atoms with Gasteiger partial charge in [0.25, 0.3) is 0 Å². The van der Waals surface area contributed by atoms with Crippen LogP contribution < -0.4 is 9.47 Å². The van der Waals surface area contributed by atoms with Crippen LogP contribution in [0.2, 0.25) is 0 Å². The van der Waals surface area contributed by atoms with Crippen LogP contribution in [0.3, 0.4) is 0 Å². The van der Waals surface area contributed by atoms with Gasteiger partial charge in [-0.15, -0.1) is 0 Å². The van der Waals surface area contributed by atoms with E-state index in [-0.39, 0.29) is 31.1 Å². The molecule has 0 fully saturated rings. The molecule has 0 spiro atoms. The Hall–Kier alpha value is -0.562. The van der Waals surface area contributed by atoms with Gasteiger partial charge in [0.05, 0.1) is 0 Å². The second-order valence-corrected chi connectivity index (χ2v) is 15.4. The topological polar surface area (TPSA) is 143 Å². The van der Waals surface area contributed by atoms with Crippen molar-refractivity contribution in [2.75, 3.05) is 13.2 Å². The number of rotatable bonds is 15. The predicted octanol–water partition coefficient (Wildman–Crippen LogP) is 11.1. The van der Waals surface area contributed by atoms with Gasteiger partial charge in [-0.05, 0) is 88.3 Å². The fourth-order valence-electron chi connectivity index (χ4n) is 5.41. The van der Waals surface area contributed by atoms with Crippen molar-refractivity contribution >= 4 is 24.8 Å². The molecule has 2 rings (SSSR count). The number of carboxylic acid groups (broad SMARTS) is 1. The van der Waals surface area contributed by atoms with E-state index in [9.17, 15) is 4.79 Å². The zero-order valence-corrected chi connectivity index (χ0v) is 31.1. The van der Waals surface area contributed by atoms with Crippen LogP contribution in [0.15, 0.2) is 6.07 Å². The van der Waals surface area contributed by atoms with Crippen LogP contribution in [0.1, 0.15) is 122 Å². The molecule has 3 atom stereocenters. The Balaban J connectivity index is -0.00000175. The molecule has 1 aliphatic heterocycles. The van der Waals surface area contributed by atoms with Crippen molar-refractivity contribution in [2.45, 2.75) is 132 Å². The molecule has 1 aromatic rings. The molecular weight excluding hydrogens is 758 g/mol. The van der Waals surface area contributed by atoms with Gasteiger partial charge < -0.3 is 32.0 Å². The molecule has 0 aliphatic carbocycles. The minimum atomic E-state index is -0.953. The minimum absolute atomic E-state index is 0. The normalized spacial score (nSPS) is 16.7. The first-order valence-electron chi connectivity index (χ1n) is 14.9. The number of aliphatic hydroxyl groups excluding tert-OH is 1. The number of benzene rings is 1. The zero-order chi connectivity index (χ0) is 30.7. The number of aliphatic carboxylic acids is 1. The average Bonchev–Trinajstić information content (AvgIpc) is 2.84. The Morgan fingerprint density at radius 3 is 1.98 bits per heavy atom. The molecule has 6 N–H and O–H groups in total. The van der Waals surface area contributed by atoms with Gasteiger partial charge in [-0.1, -0.05) is 72.6 Å². The van der Waals surface area contributed by atoms with E-state index in [1.165, 1.54) is 56.9 Å². The van der Waals surface area contributed by atoms with Crippen LogP contribution >= 0.6 is 18.8 Å². The van der Waals surface area contributed by atoms with Crippen molar-refractivity contribution in [3.8, 4) is 11.5 Å². The molecule has 42 heavy (non-hydrogen) atoms. The summed E-state index contributed by atoms with van der Waals surface area (Å²) in [4.78, 5) is 10.9. The molecule has 252 valence electrons. The number of hydrogen-bond acceptors (Lipinski definition) is 4. The molecule has 1 heterocycles. The van der Waals surface area contributed by atoms with Gasteiger partial charge >= 0.3 is 41.3 Å². The number of aryl methyl sites for hydroxylation is 1. The Morgan fingerprint density at radius 2 is 1.50 bits per heavy atom. The van der Waals surface area contributed by atoms with Crippen LogP contribution in [0.4, 0.5) is 0 Å². The van der Waals surface area contributed by atoms with Crippen molar-refractivity contribution in [3.63, 3.8) is 0 Å². The standard InChI is InChI=1S/C30H50O4.C2H6O.2ClH.2H2N.Pt/c1-21(2)11-8-12-22(3)13-9-14-23(4)15-10-17-30(7)18-16-26-25(6)29(33-20-28(31)32)24(5)19-27(26)34-30;1-2-3;;;;;/h19,21-23H,8-18,20H2,1-7H3,(H,31,32);3H,2H2,1H3;2*1H;2*1H2;/q;;;;2*-1;+4/p-2. The smallest absolute Gasteiger partial charge is 0.693 e. The first-order valence-corrected chi connectivity index (χ1v) is 20.6. The van der Waals surface area contributed by atoms with Crippen LogP contribution in [-0.2, 0) is 27.7 Å². The van der Waals surface area contributed by atoms with Gasteiger partial charge in [0.2, 0.25) is 0 Å². The molecule has 0 amide bonds. The number of nitrogens with two attached hydrogens (primary N) is 2. The molecular formula is C32H60Cl2N2O5Pt. The second kappa shape index (κ2) is 25.7. The van der Waals surface area contributed by atoms with E-state index in [4.69, 9.17) is 38.5 Å². The van der Waals surface area contributed by atoms with Gasteiger partial charge in [0.1, 0.15) is 17.1 Å². The molecule has 3 unspecified atom stereocenters. The molecule has 1 aromatic carbocycles. The number of ether oxygens (including phenoxy) is 2. The maximum atomic E-state index is 10.9. The fraction of sp³-hybridized carbons (Fsp3) is 0.781. The molecule has 0 saturated carbocycles. The zero-order valence-electron chi connectivity index (χ0n) is 27.3. The Kier molecular flexibility index (Phi) is 28.1. The molecule has 7 nitrogen and oxygen atoms in total. The molecule has 1 aliphatic rings. The molecule has 0 radical (unpaired) electrons. The molecule has 0 bridgehead atoms. The summed E-state index contributed by atoms with van der Waals surface area (Å²) in [6.45, 7) is 17.3. The van der Waals surface area contributed by atoms with Crippen molar-refractivity contribution in [2.24, 2.45) is 17.8 Å². The summed E-state index contributed by atoms with van der Waals surface area (Å²) in [5.41, 5.74) is 3.00. The van der Waals surface area contributed by atoms with E-state index in [2.05, 4.69) is 34.6 Å². The summed E-state index contributed by atoms with van der Waals surface area (Å²) in [6.07, 6.45) is 13.7. The van der Waals surface area contributed by atoms with Crippen LogP contribution in [0.25, 0.3) is 12.3 Å². The van der Waals surface area contributed by atoms with E-state index in [0.29, 0.717) is 5.75 Å². The monoisotopic (exact) mass is 817 g/mol. The van der Waals surface area contributed by atoms with Gasteiger partial charge in [0, 0.05) is 12.2 Å². The average molecular weight is 819 g/mol. The molecule has 10 heteroatoms. The van der Waals surface area contributed by atoms with Gasteiger partial charge in [0.15, 0.2) is 6.61 Å². The number of hydrogen-bond donors (Lipinski definition) is 2. The summed E-state index contributed by atoms with van der Waals surface area (Å²) < 4.78 is 12.1. The first kappa shape index (κ1) is 45.9.